The summed E-state index contributed by atoms with van der Waals surface area (Å²) in [7, 11) is 3.29. The molecular formula is C18H24N4O2. The molecule has 1 aliphatic heterocycles. The van der Waals surface area contributed by atoms with E-state index in [9.17, 15) is 0 Å². The van der Waals surface area contributed by atoms with Crippen LogP contribution in [0.2, 0.25) is 0 Å². The Morgan fingerprint density at radius 1 is 1.04 bits per heavy atom. The van der Waals surface area contributed by atoms with Crippen LogP contribution in [-0.4, -0.2) is 38.3 Å². The zero-order valence-corrected chi connectivity index (χ0v) is 14.2. The molecule has 0 bridgehead atoms. The number of hydrogen-bond acceptors (Lipinski definition) is 6. The average Bonchev–Trinajstić information content (AvgIpc) is 2.62. The summed E-state index contributed by atoms with van der Waals surface area (Å²) in [6, 6.07) is 10.0. The quantitative estimate of drug-likeness (QED) is 0.879. The number of benzene rings is 1. The highest BCUT2D eigenvalue weighted by Gasteiger charge is 2.17. The van der Waals surface area contributed by atoms with Gasteiger partial charge >= 0.3 is 0 Å². The molecule has 6 heteroatoms. The van der Waals surface area contributed by atoms with Gasteiger partial charge in [0.05, 0.1) is 14.2 Å². The summed E-state index contributed by atoms with van der Waals surface area (Å²) < 4.78 is 10.6. The van der Waals surface area contributed by atoms with Crippen molar-refractivity contribution in [3.63, 3.8) is 0 Å². The van der Waals surface area contributed by atoms with Crippen LogP contribution in [0.25, 0.3) is 0 Å². The maximum atomic E-state index is 5.98. The SMILES string of the molecule is COc1cc(Nc2ccnc(N3CCC(N)CC3)c2)cc(OC)c1. The third kappa shape index (κ3) is 3.89. The number of anilines is 3. The average molecular weight is 328 g/mol. The second kappa shape index (κ2) is 7.40. The van der Waals surface area contributed by atoms with E-state index in [0.29, 0.717) is 6.04 Å². The predicted octanol–water partition coefficient (Wildman–Crippen LogP) is 2.77. The van der Waals surface area contributed by atoms with Gasteiger partial charge in [-0.3, -0.25) is 0 Å². The molecule has 2 heterocycles. The van der Waals surface area contributed by atoms with Gasteiger partial charge in [-0.25, -0.2) is 4.98 Å². The summed E-state index contributed by atoms with van der Waals surface area (Å²) in [5, 5.41) is 3.39. The van der Waals surface area contributed by atoms with Gasteiger partial charge in [-0.15, -0.1) is 0 Å². The van der Waals surface area contributed by atoms with Gasteiger partial charge in [-0.2, -0.15) is 0 Å². The molecule has 24 heavy (non-hydrogen) atoms. The highest BCUT2D eigenvalue weighted by Crippen LogP contribution is 2.29. The number of rotatable bonds is 5. The highest BCUT2D eigenvalue weighted by atomic mass is 16.5. The van der Waals surface area contributed by atoms with Crippen molar-refractivity contribution < 1.29 is 9.47 Å². The highest BCUT2D eigenvalue weighted by molar-refractivity contribution is 5.65. The van der Waals surface area contributed by atoms with Crippen LogP contribution in [-0.2, 0) is 0 Å². The molecule has 0 radical (unpaired) electrons. The fourth-order valence-electron chi connectivity index (χ4n) is 2.84. The van der Waals surface area contributed by atoms with Gasteiger partial charge < -0.3 is 25.4 Å². The fourth-order valence-corrected chi connectivity index (χ4v) is 2.84. The molecule has 0 atom stereocenters. The van der Waals surface area contributed by atoms with Crippen LogP contribution >= 0.6 is 0 Å². The van der Waals surface area contributed by atoms with E-state index in [1.807, 2.05) is 30.5 Å². The molecule has 1 saturated heterocycles. The number of methoxy groups -OCH3 is 2. The summed E-state index contributed by atoms with van der Waals surface area (Å²) in [6.07, 6.45) is 3.84. The number of piperidine rings is 1. The molecule has 0 aliphatic carbocycles. The molecule has 6 nitrogen and oxygen atoms in total. The summed E-state index contributed by atoms with van der Waals surface area (Å²) in [5.41, 5.74) is 7.86. The van der Waals surface area contributed by atoms with E-state index >= 15 is 0 Å². The number of ether oxygens (including phenoxy) is 2. The molecule has 1 aliphatic rings. The van der Waals surface area contributed by atoms with Gasteiger partial charge in [0.15, 0.2) is 0 Å². The van der Waals surface area contributed by atoms with Crippen LogP contribution in [0.3, 0.4) is 0 Å². The van der Waals surface area contributed by atoms with E-state index in [4.69, 9.17) is 15.2 Å². The Hall–Kier alpha value is -2.47. The van der Waals surface area contributed by atoms with E-state index in [1.54, 1.807) is 14.2 Å². The summed E-state index contributed by atoms with van der Waals surface area (Å²) in [4.78, 5) is 6.77. The molecule has 0 unspecified atom stereocenters. The maximum absolute atomic E-state index is 5.98. The standard InChI is InChI=1S/C18H24N4O2/c1-23-16-9-15(10-17(12-16)24-2)21-14-3-6-20-18(11-14)22-7-4-13(19)5-8-22/h3,6,9-13H,4-5,7-8,19H2,1-2H3,(H,20,21). The first kappa shape index (κ1) is 16.4. The third-order valence-electron chi connectivity index (χ3n) is 4.25. The largest absolute Gasteiger partial charge is 0.497 e. The molecule has 0 spiro atoms. The normalized spacial score (nSPS) is 15.2. The number of aromatic nitrogens is 1. The van der Waals surface area contributed by atoms with Crippen molar-refractivity contribution >= 4 is 17.2 Å². The molecule has 2 aromatic rings. The third-order valence-corrected chi connectivity index (χ3v) is 4.25. The van der Waals surface area contributed by atoms with Crippen molar-refractivity contribution in [1.82, 2.24) is 4.98 Å². The first-order valence-corrected chi connectivity index (χ1v) is 8.14. The Labute approximate surface area is 142 Å². The Morgan fingerprint density at radius 2 is 1.71 bits per heavy atom. The Morgan fingerprint density at radius 3 is 2.33 bits per heavy atom. The molecule has 128 valence electrons. The zero-order chi connectivity index (χ0) is 16.9. The van der Waals surface area contributed by atoms with E-state index in [1.165, 1.54) is 0 Å². The van der Waals surface area contributed by atoms with Crippen LogP contribution < -0.4 is 25.4 Å². The fraction of sp³-hybridized carbons (Fsp3) is 0.389. The maximum Gasteiger partial charge on any atom is 0.130 e. The number of nitrogens with two attached hydrogens (primary N) is 1. The van der Waals surface area contributed by atoms with Crippen LogP contribution in [0, 0.1) is 0 Å². The van der Waals surface area contributed by atoms with Gasteiger partial charge in [-0.05, 0) is 18.9 Å². The summed E-state index contributed by atoms with van der Waals surface area (Å²) in [5.74, 6) is 2.47. The van der Waals surface area contributed by atoms with Crippen LogP contribution in [0.15, 0.2) is 36.5 Å². The van der Waals surface area contributed by atoms with E-state index in [-0.39, 0.29) is 0 Å². The van der Waals surface area contributed by atoms with Gasteiger partial charge in [-0.1, -0.05) is 0 Å². The molecule has 0 amide bonds. The number of nitrogens with one attached hydrogen (secondary N) is 1. The lowest BCUT2D eigenvalue weighted by Gasteiger charge is -2.31. The van der Waals surface area contributed by atoms with Crippen molar-refractivity contribution in [2.24, 2.45) is 5.73 Å². The molecule has 0 saturated carbocycles. The van der Waals surface area contributed by atoms with Gasteiger partial charge in [0.1, 0.15) is 17.3 Å². The predicted molar refractivity (Wildman–Crippen MR) is 96.5 cm³/mol. The van der Waals surface area contributed by atoms with Crippen molar-refractivity contribution in [2.75, 3.05) is 37.5 Å². The molecule has 1 aromatic carbocycles. The van der Waals surface area contributed by atoms with Crippen molar-refractivity contribution in [3.8, 4) is 11.5 Å². The molecule has 1 aromatic heterocycles. The lowest BCUT2D eigenvalue weighted by atomic mass is 10.1. The van der Waals surface area contributed by atoms with Gasteiger partial charge in [0.25, 0.3) is 0 Å². The molecular weight excluding hydrogens is 304 g/mol. The number of hydrogen-bond donors (Lipinski definition) is 2. The minimum Gasteiger partial charge on any atom is -0.497 e. The Balaban J connectivity index is 1.77. The number of pyridine rings is 1. The van der Waals surface area contributed by atoms with Crippen LogP contribution in [0.1, 0.15) is 12.8 Å². The smallest absolute Gasteiger partial charge is 0.130 e. The van der Waals surface area contributed by atoms with Crippen molar-refractivity contribution in [2.45, 2.75) is 18.9 Å². The van der Waals surface area contributed by atoms with Crippen molar-refractivity contribution in [3.05, 3.63) is 36.5 Å². The second-order valence-corrected chi connectivity index (χ2v) is 5.95. The molecule has 1 fully saturated rings. The van der Waals surface area contributed by atoms with E-state index < -0.39 is 0 Å². The lowest BCUT2D eigenvalue weighted by molar-refractivity contribution is 0.395. The Kier molecular flexibility index (Phi) is 5.05. The first-order valence-electron chi connectivity index (χ1n) is 8.14. The Bertz CT molecular complexity index is 662. The van der Waals surface area contributed by atoms with Gasteiger partial charge in [0, 0.05) is 61.0 Å². The first-order chi connectivity index (χ1) is 11.7. The summed E-state index contributed by atoms with van der Waals surface area (Å²) >= 11 is 0. The minimum absolute atomic E-state index is 0.312. The number of nitrogens with zero attached hydrogens (tertiary/aromatic N) is 2. The summed E-state index contributed by atoms with van der Waals surface area (Å²) in [6.45, 7) is 1.90. The van der Waals surface area contributed by atoms with Crippen LogP contribution in [0.5, 0.6) is 11.5 Å². The van der Waals surface area contributed by atoms with E-state index in [2.05, 4.69) is 21.3 Å². The lowest BCUT2D eigenvalue weighted by Crippen LogP contribution is -2.40. The zero-order valence-electron chi connectivity index (χ0n) is 14.2. The molecule has 3 N–H and O–H groups in total. The topological polar surface area (TPSA) is 72.6 Å². The monoisotopic (exact) mass is 328 g/mol. The van der Waals surface area contributed by atoms with Crippen molar-refractivity contribution in [1.29, 1.82) is 0 Å². The van der Waals surface area contributed by atoms with Crippen LogP contribution in [0.4, 0.5) is 17.2 Å². The van der Waals surface area contributed by atoms with Gasteiger partial charge in [0.2, 0.25) is 0 Å². The van der Waals surface area contributed by atoms with E-state index in [0.717, 1.165) is 54.6 Å². The minimum atomic E-state index is 0.312. The second-order valence-electron chi connectivity index (χ2n) is 5.95. The molecule has 3 rings (SSSR count).